The number of carbonyl (C=O) groups is 1. The monoisotopic (exact) mass is 534 g/mol. The number of benzene rings is 1. The molecule has 0 saturated heterocycles. The maximum atomic E-state index is 13.6. The van der Waals surface area contributed by atoms with Crippen molar-refractivity contribution in [1.82, 2.24) is 29.7 Å². The zero-order valence-corrected chi connectivity index (χ0v) is 19.8. The number of fused-ring (bicyclic) bond motifs is 2. The molecule has 1 aliphatic heterocycles. The smallest absolute Gasteiger partial charge is 0.453 e. The van der Waals surface area contributed by atoms with Crippen LogP contribution in [0.1, 0.15) is 30.3 Å². The van der Waals surface area contributed by atoms with Crippen LogP contribution in [0.3, 0.4) is 0 Å². The van der Waals surface area contributed by atoms with Gasteiger partial charge < -0.3 is 16.2 Å². The Bertz CT molecular complexity index is 1600. The Morgan fingerprint density at radius 3 is 2.55 bits per heavy atom. The van der Waals surface area contributed by atoms with Gasteiger partial charge in [0.1, 0.15) is 34.3 Å². The minimum Gasteiger partial charge on any atom is -0.508 e. The average Bonchev–Trinajstić information content (AvgIpc) is 3.34. The van der Waals surface area contributed by atoms with Crippen molar-refractivity contribution in [1.29, 1.82) is 0 Å². The SMILES string of the molecule is Cn1ncc2c(-c3nc(N)c4c(n3)NC(=O)C4(C)c3cccc(O)c3)nc(CCC(F)(F)C(F)(F)F)nc21. The Morgan fingerprint density at radius 1 is 1.13 bits per heavy atom. The number of hydrogen-bond acceptors (Lipinski definition) is 8. The number of halogens is 5. The number of phenols is 1. The second-order valence-corrected chi connectivity index (χ2v) is 8.98. The number of hydrogen-bond donors (Lipinski definition) is 3. The minimum absolute atomic E-state index is 0.0110. The third kappa shape index (κ3) is 3.85. The lowest BCUT2D eigenvalue weighted by molar-refractivity contribution is -0.284. The van der Waals surface area contributed by atoms with Crippen molar-refractivity contribution in [3.05, 3.63) is 47.4 Å². The molecule has 0 radical (unpaired) electrons. The molecule has 3 aromatic heterocycles. The lowest BCUT2D eigenvalue weighted by Crippen LogP contribution is -2.36. The highest BCUT2D eigenvalue weighted by Gasteiger charge is 2.56. The molecule has 1 aromatic carbocycles. The van der Waals surface area contributed by atoms with Crippen LogP contribution >= 0.6 is 0 Å². The minimum atomic E-state index is -5.72. The highest BCUT2D eigenvalue weighted by atomic mass is 19.4. The molecule has 1 atom stereocenters. The molecule has 38 heavy (non-hydrogen) atoms. The van der Waals surface area contributed by atoms with E-state index in [2.05, 4.69) is 30.4 Å². The van der Waals surface area contributed by atoms with Gasteiger partial charge in [-0.1, -0.05) is 12.1 Å². The van der Waals surface area contributed by atoms with Gasteiger partial charge in [-0.2, -0.15) is 27.1 Å². The fraction of sp³-hybridized carbons (Fsp3) is 0.304. The topological polar surface area (TPSA) is 145 Å². The van der Waals surface area contributed by atoms with Crippen molar-refractivity contribution in [2.24, 2.45) is 7.05 Å². The number of carbonyl (C=O) groups excluding carboxylic acids is 1. The van der Waals surface area contributed by atoms with Gasteiger partial charge in [-0.15, -0.1) is 0 Å². The van der Waals surface area contributed by atoms with E-state index >= 15 is 0 Å². The lowest BCUT2D eigenvalue weighted by Gasteiger charge is -2.23. The van der Waals surface area contributed by atoms with Crippen LogP contribution in [0.4, 0.5) is 33.6 Å². The molecule has 15 heteroatoms. The van der Waals surface area contributed by atoms with E-state index in [0.717, 1.165) is 0 Å². The van der Waals surface area contributed by atoms with Crippen molar-refractivity contribution in [3.63, 3.8) is 0 Å². The molecule has 198 valence electrons. The number of anilines is 2. The largest absolute Gasteiger partial charge is 0.508 e. The molecule has 10 nitrogen and oxygen atoms in total. The Kier molecular flexibility index (Phi) is 5.50. The van der Waals surface area contributed by atoms with Crippen molar-refractivity contribution < 1.29 is 31.9 Å². The molecular formula is C23H19F5N8O2. The number of nitrogens with one attached hydrogen (secondary N) is 1. The summed E-state index contributed by atoms with van der Waals surface area (Å²) in [4.78, 5) is 30.0. The lowest BCUT2D eigenvalue weighted by atomic mass is 9.77. The van der Waals surface area contributed by atoms with E-state index in [0.29, 0.717) is 10.9 Å². The van der Waals surface area contributed by atoms with Crippen LogP contribution in [0.5, 0.6) is 5.75 Å². The van der Waals surface area contributed by atoms with Gasteiger partial charge in [0.15, 0.2) is 11.5 Å². The predicted molar refractivity (Wildman–Crippen MR) is 124 cm³/mol. The van der Waals surface area contributed by atoms with Gasteiger partial charge in [0.2, 0.25) is 5.91 Å². The second-order valence-electron chi connectivity index (χ2n) is 8.98. The van der Waals surface area contributed by atoms with Gasteiger partial charge >= 0.3 is 12.1 Å². The first-order valence-electron chi connectivity index (χ1n) is 11.1. The summed E-state index contributed by atoms with van der Waals surface area (Å²) < 4.78 is 66.4. The quantitative estimate of drug-likeness (QED) is 0.330. The molecule has 0 fully saturated rings. The summed E-state index contributed by atoms with van der Waals surface area (Å²) in [6.07, 6.45) is -6.72. The van der Waals surface area contributed by atoms with Crippen molar-refractivity contribution in [2.75, 3.05) is 11.1 Å². The normalized spacial score (nSPS) is 17.6. The molecule has 5 rings (SSSR count). The van der Waals surface area contributed by atoms with Gasteiger partial charge in [-0.3, -0.25) is 9.48 Å². The van der Waals surface area contributed by atoms with E-state index in [1.165, 1.54) is 30.1 Å². The van der Waals surface area contributed by atoms with Crippen LogP contribution in [0, 0.1) is 0 Å². The first kappa shape index (κ1) is 25.2. The van der Waals surface area contributed by atoms with Crippen LogP contribution in [0.25, 0.3) is 22.6 Å². The summed E-state index contributed by atoms with van der Waals surface area (Å²) in [6.45, 7) is 1.59. The van der Waals surface area contributed by atoms with E-state index in [-0.39, 0.29) is 45.9 Å². The van der Waals surface area contributed by atoms with Crippen LogP contribution in [0.15, 0.2) is 30.5 Å². The van der Waals surface area contributed by atoms with Crippen molar-refractivity contribution in [3.8, 4) is 17.3 Å². The number of nitrogens with two attached hydrogens (primary N) is 1. The summed E-state index contributed by atoms with van der Waals surface area (Å²) in [5.41, 5.74) is 5.75. The van der Waals surface area contributed by atoms with Crippen LogP contribution in [0.2, 0.25) is 0 Å². The molecule has 0 spiro atoms. The van der Waals surface area contributed by atoms with Gasteiger partial charge in [0.25, 0.3) is 0 Å². The average molecular weight is 534 g/mol. The van der Waals surface area contributed by atoms with Crippen LogP contribution < -0.4 is 11.1 Å². The fourth-order valence-corrected chi connectivity index (χ4v) is 4.37. The van der Waals surface area contributed by atoms with Crippen molar-refractivity contribution in [2.45, 2.75) is 37.3 Å². The Balaban J connectivity index is 1.61. The number of nitrogen functional groups attached to an aromatic ring is 1. The second kappa shape index (κ2) is 8.29. The number of aryl methyl sites for hydroxylation is 2. The standard InChI is InChI=1S/C23H19F5N8O2/c1-21(10-4-3-5-11(37)8-10)14-16(29)33-18(34-17(14)35-20(21)38)15-12-9-30-36(2)19(12)32-13(31-15)6-7-22(24,25)23(26,27)28/h3-5,8-9,37H,6-7H2,1-2H3,(H3,29,33,34,35,38). The molecule has 0 bridgehead atoms. The summed E-state index contributed by atoms with van der Waals surface area (Å²) in [7, 11) is 1.51. The van der Waals surface area contributed by atoms with Crippen LogP contribution in [-0.2, 0) is 23.7 Å². The Hall–Kier alpha value is -4.43. The molecule has 1 amide bonds. The maximum Gasteiger partial charge on any atom is 0.453 e. The van der Waals surface area contributed by atoms with E-state index in [4.69, 9.17) is 5.73 Å². The van der Waals surface area contributed by atoms with E-state index in [9.17, 15) is 31.9 Å². The molecule has 0 aliphatic carbocycles. The summed E-state index contributed by atoms with van der Waals surface area (Å²) in [5, 5.41) is 16.9. The first-order chi connectivity index (χ1) is 17.7. The number of rotatable bonds is 5. The molecular weight excluding hydrogens is 515 g/mol. The summed E-state index contributed by atoms with van der Waals surface area (Å²) >= 11 is 0. The van der Waals surface area contributed by atoms with Gasteiger partial charge in [0.05, 0.1) is 17.1 Å². The van der Waals surface area contributed by atoms with Gasteiger partial charge in [-0.05, 0) is 24.6 Å². The molecule has 4 N–H and O–H groups in total. The molecule has 4 heterocycles. The highest BCUT2D eigenvalue weighted by molar-refractivity contribution is 6.09. The third-order valence-corrected chi connectivity index (χ3v) is 6.47. The van der Waals surface area contributed by atoms with Gasteiger partial charge in [0, 0.05) is 19.9 Å². The number of aromatic nitrogens is 6. The Labute approximate surface area is 210 Å². The third-order valence-electron chi connectivity index (χ3n) is 6.47. The number of alkyl halides is 5. The van der Waals surface area contributed by atoms with E-state index in [1.807, 2.05) is 0 Å². The number of amides is 1. The van der Waals surface area contributed by atoms with Crippen molar-refractivity contribution >= 4 is 28.6 Å². The molecule has 0 saturated carbocycles. The summed E-state index contributed by atoms with van der Waals surface area (Å²) in [5.74, 6) is -5.96. The molecule has 1 aliphatic rings. The first-order valence-corrected chi connectivity index (χ1v) is 11.1. The van der Waals surface area contributed by atoms with Crippen LogP contribution in [-0.4, -0.2) is 52.8 Å². The predicted octanol–water partition coefficient (Wildman–Crippen LogP) is 3.50. The number of nitrogens with zero attached hydrogens (tertiary/aromatic N) is 6. The zero-order valence-electron chi connectivity index (χ0n) is 19.8. The molecule has 1 unspecified atom stereocenters. The zero-order chi connectivity index (χ0) is 27.6. The maximum absolute atomic E-state index is 13.6. The van der Waals surface area contributed by atoms with Gasteiger partial charge in [-0.25, -0.2) is 19.9 Å². The van der Waals surface area contributed by atoms with E-state index in [1.54, 1.807) is 19.1 Å². The fourth-order valence-electron chi connectivity index (χ4n) is 4.37. The van der Waals surface area contributed by atoms with E-state index < -0.39 is 36.3 Å². The number of aromatic hydroxyl groups is 1. The number of phenolic OH excluding ortho intramolecular Hbond substituents is 1. The molecule has 4 aromatic rings. The summed E-state index contributed by atoms with van der Waals surface area (Å²) in [6, 6.07) is 6.06. The highest BCUT2D eigenvalue weighted by Crippen LogP contribution is 2.45. The Morgan fingerprint density at radius 2 is 1.87 bits per heavy atom.